The number of benzene rings is 2. The van der Waals surface area contributed by atoms with E-state index in [1.165, 1.54) is 0 Å². The van der Waals surface area contributed by atoms with Crippen LogP contribution in [0.1, 0.15) is 30.4 Å². The predicted molar refractivity (Wildman–Crippen MR) is 109 cm³/mol. The lowest BCUT2D eigenvalue weighted by atomic mass is 10.2. The van der Waals surface area contributed by atoms with Crippen molar-refractivity contribution in [3.8, 4) is 11.8 Å². The second kappa shape index (κ2) is 8.90. The maximum absolute atomic E-state index is 7.47. The number of hydrogen-bond acceptors (Lipinski definition) is 5. The van der Waals surface area contributed by atoms with Crippen LogP contribution in [-0.4, -0.2) is 34.9 Å². The zero-order chi connectivity index (χ0) is 19.9. The third-order valence-electron chi connectivity index (χ3n) is 4.23. The molecule has 3 rings (SSSR count). The standard InChI is InChI=1S/C20H24N6O2/c21-18(22)13-4-7-15(8-5-13)27-10-2-1-3-11-28-20-25-16-9-6-14(19(23)24)12-17(16)26-20/h4-9,12H,1-3,10-11H2,(H3,21,22)(H3,23,24)(H,25,26). The Morgan fingerprint density at radius 1 is 0.857 bits per heavy atom. The molecule has 8 nitrogen and oxygen atoms in total. The number of fused-ring (bicyclic) bond motifs is 1. The molecule has 7 N–H and O–H groups in total. The normalized spacial score (nSPS) is 10.7. The molecule has 0 aliphatic rings. The number of nitrogens with zero attached hydrogens (tertiary/aromatic N) is 1. The van der Waals surface area contributed by atoms with Crippen molar-refractivity contribution in [2.45, 2.75) is 19.3 Å². The summed E-state index contributed by atoms with van der Waals surface area (Å²) in [4.78, 5) is 7.47. The van der Waals surface area contributed by atoms with Gasteiger partial charge in [0.1, 0.15) is 17.4 Å². The molecule has 3 aromatic rings. The highest BCUT2D eigenvalue weighted by Crippen LogP contribution is 2.18. The SMILES string of the molecule is N=C(N)c1ccc(OCCCCCOc2nc3cc(C(=N)N)ccc3[nH]2)cc1. The van der Waals surface area contributed by atoms with Crippen LogP contribution in [0.2, 0.25) is 0 Å². The van der Waals surface area contributed by atoms with Gasteiger partial charge in [0.25, 0.3) is 6.01 Å². The number of nitrogen functional groups attached to an aromatic ring is 2. The summed E-state index contributed by atoms with van der Waals surface area (Å²) in [5.41, 5.74) is 13.8. The summed E-state index contributed by atoms with van der Waals surface area (Å²) in [6, 6.07) is 13.0. The monoisotopic (exact) mass is 380 g/mol. The van der Waals surface area contributed by atoms with Crippen LogP contribution in [-0.2, 0) is 0 Å². The molecule has 0 radical (unpaired) electrons. The van der Waals surface area contributed by atoms with Crippen LogP contribution >= 0.6 is 0 Å². The highest BCUT2D eigenvalue weighted by molar-refractivity contribution is 5.98. The van der Waals surface area contributed by atoms with E-state index < -0.39 is 0 Å². The number of imidazole rings is 1. The summed E-state index contributed by atoms with van der Waals surface area (Å²) < 4.78 is 11.3. The number of nitrogens with two attached hydrogens (primary N) is 2. The first-order valence-electron chi connectivity index (χ1n) is 9.07. The molecule has 0 saturated heterocycles. The van der Waals surface area contributed by atoms with Crippen molar-refractivity contribution in [1.29, 1.82) is 10.8 Å². The number of rotatable bonds is 10. The minimum Gasteiger partial charge on any atom is -0.494 e. The van der Waals surface area contributed by atoms with Crippen molar-refractivity contribution in [2.24, 2.45) is 11.5 Å². The van der Waals surface area contributed by atoms with Crippen LogP contribution in [0.4, 0.5) is 0 Å². The molecular weight excluding hydrogens is 356 g/mol. The molecule has 0 unspecified atom stereocenters. The first kappa shape index (κ1) is 19.2. The number of ether oxygens (including phenoxy) is 2. The summed E-state index contributed by atoms with van der Waals surface area (Å²) in [5, 5.41) is 14.8. The number of unbranched alkanes of at least 4 members (excludes halogenated alkanes) is 2. The maximum atomic E-state index is 7.47. The zero-order valence-electron chi connectivity index (χ0n) is 15.5. The molecule has 1 heterocycles. The van der Waals surface area contributed by atoms with Crippen LogP contribution in [0.25, 0.3) is 11.0 Å². The first-order chi connectivity index (χ1) is 13.5. The van der Waals surface area contributed by atoms with E-state index in [0.717, 1.165) is 36.0 Å². The van der Waals surface area contributed by atoms with E-state index in [9.17, 15) is 0 Å². The zero-order valence-corrected chi connectivity index (χ0v) is 15.5. The van der Waals surface area contributed by atoms with E-state index >= 15 is 0 Å². The summed E-state index contributed by atoms with van der Waals surface area (Å²) in [7, 11) is 0. The Morgan fingerprint density at radius 2 is 1.50 bits per heavy atom. The molecular formula is C20H24N6O2. The number of aromatic amines is 1. The Kier molecular flexibility index (Phi) is 6.11. The molecule has 0 bridgehead atoms. The number of H-pyrrole nitrogens is 1. The van der Waals surface area contributed by atoms with Crippen LogP contribution < -0.4 is 20.9 Å². The van der Waals surface area contributed by atoms with Crippen molar-refractivity contribution >= 4 is 22.7 Å². The van der Waals surface area contributed by atoms with Crippen LogP contribution in [0.15, 0.2) is 42.5 Å². The molecule has 0 saturated carbocycles. The fraction of sp³-hybridized carbons (Fsp3) is 0.250. The summed E-state index contributed by atoms with van der Waals surface area (Å²) in [6.45, 7) is 1.19. The van der Waals surface area contributed by atoms with Gasteiger partial charge in [-0.25, -0.2) is 0 Å². The molecule has 0 atom stereocenters. The molecule has 0 spiro atoms. The Hall–Kier alpha value is -3.55. The van der Waals surface area contributed by atoms with Gasteiger partial charge in [-0.05, 0) is 61.7 Å². The summed E-state index contributed by atoms with van der Waals surface area (Å²) in [5.74, 6) is 0.841. The second-order valence-electron chi connectivity index (χ2n) is 6.38. The highest BCUT2D eigenvalue weighted by Gasteiger charge is 2.06. The Morgan fingerprint density at radius 3 is 2.18 bits per heavy atom. The van der Waals surface area contributed by atoms with Crippen molar-refractivity contribution in [3.63, 3.8) is 0 Å². The molecule has 0 fully saturated rings. The van der Waals surface area contributed by atoms with Gasteiger partial charge in [-0.3, -0.25) is 10.8 Å². The van der Waals surface area contributed by atoms with Crippen LogP contribution in [0.5, 0.6) is 11.8 Å². The Bertz CT molecular complexity index is 964. The largest absolute Gasteiger partial charge is 0.494 e. The number of hydrogen-bond donors (Lipinski definition) is 5. The third-order valence-corrected chi connectivity index (χ3v) is 4.23. The van der Waals surface area contributed by atoms with Crippen molar-refractivity contribution in [1.82, 2.24) is 9.97 Å². The van der Waals surface area contributed by atoms with Crippen molar-refractivity contribution in [3.05, 3.63) is 53.6 Å². The average molecular weight is 380 g/mol. The maximum Gasteiger partial charge on any atom is 0.294 e. The Balaban J connectivity index is 1.35. The van der Waals surface area contributed by atoms with E-state index in [-0.39, 0.29) is 11.7 Å². The molecule has 0 aliphatic heterocycles. The van der Waals surface area contributed by atoms with Crippen LogP contribution in [0, 0.1) is 10.8 Å². The van der Waals surface area contributed by atoms with Gasteiger partial charge in [0.05, 0.1) is 24.2 Å². The molecule has 146 valence electrons. The van der Waals surface area contributed by atoms with Gasteiger partial charge in [-0.15, -0.1) is 0 Å². The minimum absolute atomic E-state index is 0.0179. The van der Waals surface area contributed by atoms with Gasteiger partial charge in [-0.1, -0.05) is 0 Å². The third kappa shape index (κ3) is 5.00. The van der Waals surface area contributed by atoms with Gasteiger partial charge in [0.2, 0.25) is 0 Å². The lowest BCUT2D eigenvalue weighted by molar-refractivity contribution is 0.269. The lowest BCUT2D eigenvalue weighted by Crippen LogP contribution is -2.10. The van der Waals surface area contributed by atoms with Gasteiger partial charge in [-0.2, -0.15) is 4.98 Å². The molecule has 28 heavy (non-hydrogen) atoms. The highest BCUT2D eigenvalue weighted by atomic mass is 16.5. The average Bonchev–Trinajstić information content (AvgIpc) is 3.09. The quantitative estimate of drug-likeness (QED) is 0.208. The summed E-state index contributed by atoms with van der Waals surface area (Å²) >= 11 is 0. The molecule has 2 aromatic carbocycles. The number of amidine groups is 2. The second-order valence-corrected chi connectivity index (χ2v) is 6.38. The fourth-order valence-corrected chi connectivity index (χ4v) is 2.69. The fourth-order valence-electron chi connectivity index (χ4n) is 2.69. The van der Waals surface area contributed by atoms with Crippen molar-refractivity contribution < 1.29 is 9.47 Å². The first-order valence-corrected chi connectivity index (χ1v) is 9.07. The van der Waals surface area contributed by atoms with Crippen LogP contribution in [0.3, 0.4) is 0 Å². The van der Waals surface area contributed by atoms with E-state index in [1.807, 2.05) is 18.2 Å². The molecule has 8 heteroatoms. The summed E-state index contributed by atoms with van der Waals surface area (Å²) in [6.07, 6.45) is 2.78. The van der Waals surface area contributed by atoms with E-state index in [0.29, 0.717) is 30.4 Å². The number of aromatic nitrogens is 2. The topological polar surface area (TPSA) is 147 Å². The molecule has 0 aliphatic carbocycles. The minimum atomic E-state index is 0.0179. The predicted octanol–water partition coefficient (Wildman–Crippen LogP) is 2.76. The van der Waals surface area contributed by atoms with E-state index in [4.69, 9.17) is 31.8 Å². The van der Waals surface area contributed by atoms with Gasteiger partial charge in [0.15, 0.2) is 0 Å². The van der Waals surface area contributed by atoms with Gasteiger partial charge < -0.3 is 25.9 Å². The molecule has 1 aromatic heterocycles. The van der Waals surface area contributed by atoms with E-state index in [1.54, 1.807) is 24.3 Å². The molecule has 0 amide bonds. The lowest BCUT2D eigenvalue weighted by Gasteiger charge is -2.07. The van der Waals surface area contributed by atoms with Gasteiger partial charge >= 0.3 is 0 Å². The smallest absolute Gasteiger partial charge is 0.294 e. The van der Waals surface area contributed by atoms with E-state index in [2.05, 4.69) is 9.97 Å². The number of nitrogens with one attached hydrogen (secondary N) is 3. The van der Waals surface area contributed by atoms with Crippen molar-refractivity contribution in [2.75, 3.05) is 13.2 Å². The van der Waals surface area contributed by atoms with Gasteiger partial charge in [0, 0.05) is 11.1 Å². The Labute approximate surface area is 162 Å².